The van der Waals surface area contributed by atoms with Gasteiger partial charge in [0, 0.05) is 38.8 Å². The summed E-state index contributed by atoms with van der Waals surface area (Å²) in [7, 11) is 0. The van der Waals surface area contributed by atoms with Crippen LogP contribution in [0, 0.1) is 11.8 Å². The van der Waals surface area contributed by atoms with Gasteiger partial charge in [-0.3, -0.25) is 4.99 Å². The number of guanidine groups is 1. The molecule has 0 radical (unpaired) electrons. The number of hydrogen-bond donors (Lipinski definition) is 2. The van der Waals surface area contributed by atoms with Crippen molar-refractivity contribution in [2.45, 2.75) is 52.9 Å². The fraction of sp³-hybridized carbons (Fsp3) is 0.944. The van der Waals surface area contributed by atoms with E-state index in [0.717, 1.165) is 70.8 Å². The molecule has 0 aromatic heterocycles. The summed E-state index contributed by atoms with van der Waals surface area (Å²) in [6.07, 6.45) is 5.90. The maximum atomic E-state index is 5.70. The summed E-state index contributed by atoms with van der Waals surface area (Å²) in [5.41, 5.74) is 0. The Hall–Kier alpha value is -0.0800. The van der Waals surface area contributed by atoms with Crippen molar-refractivity contribution in [2.75, 3.05) is 46.1 Å². The summed E-state index contributed by atoms with van der Waals surface area (Å²) in [5, 5.41) is 6.71. The minimum Gasteiger partial charge on any atom is -0.381 e. The quantitative estimate of drug-likeness (QED) is 0.205. The summed E-state index contributed by atoms with van der Waals surface area (Å²) in [4.78, 5) is 4.61. The fourth-order valence-electron chi connectivity index (χ4n) is 2.55. The molecule has 1 aliphatic rings. The van der Waals surface area contributed by atoms with Crippen molar-refractivity contribution in [3.05, 3.63) is 0 Å². The van der Waals surface area contributed by atoms with Crippen LogP contribution in [0.3, 0.4) is 0 Å². The van der Waals surface area contributed by atoms with Gasteiger partial charge in [-0.25, -0.2) is 0 Å². The van der Waals surface area contributed by atoms with Crippen molar-refractivity contribution in [3.63, 3.8) is 0 Å². The first kappa shape index (κ1) is 23.9. The lowest BCUT2D eigenvalue weighted by molar-refractivity contribution is 0.0893. The van der Waals surface area contributed by atoms with Gasteiger partial charge in [0.1, 0.15) is 0 Å². The molecule has 0 saturated carbocycles. The van der Waals surface area contributed by atoms with Crippen LogP contribution in [-0.4, -0.2) is 52.0 Å². The summed E-state index contributed by atoms with van der Waals surface area (Å²) >= 11 is 0. The fourth-order valence-corrected chi connectivity index (χ4v) is 2.55. The van der Waals surface area contributed by atoms with Gasteiger partial charge in [-0.2, -0.15) is 0 Å². The van der Waals surface area contributed by atoms with E-state index < -0.39 is 0 Å². The lowest BCUT2D eigenvalue weighted by Crippen LogP contribution is -2.37. The smallest absolute Gasteiger partial charge is 0.191 e. The van der Waals surface area contributed by atoms with Crippen LogP contribution in [0.25, 0.3) is 0 Å². The summed E-state index contributed by atoms with van der Waals surface area (Å²) in [5.74, 6) is 2.33. The molecule has 1 atom stereocenters. The van der Waals surface area contributed by atoms with E-state index in [1.54, 1.807) is 0 Å². The molecule has 0 bridgehead atoms. The average molecular weight is 455 g/mol. The van der Waals surface area contributed by atoms with E-state index in [0.29, 0.717) is 5.92 Å². The Kier molecular flexibility index (Phi) is 16.3. The maximum Gasteiger partial charge on any atom is 0.191 e. The molecule has 1 unspecified atom stereocenters. The molecule has 0 aliphatic carbocycles. The third-order valence-electron chi connectivity index (χ3n) is 3.94. The third-order valence-corrected chi connectivity index (χ3v) is 3.94. The largest absolute Gasteiger partial charge is 0.381 e. The van der Waals surface area contributed by atoms with Gasteiger partial charge < -0.3 is 20.1 Å². The van der Waals surface area contributed by atoms with Crippen molar-refractivity contribution in [1.29, 1.82) is 0 Å². The summed E-state index contributed by atoms with van der Waals surface area (Å²) in [6, 6.07) is 0. The second-order valence-corrected chi connectivity index (χ2v) is 6.74. The summed E-state index contributed by atoms with van der Waals surface area (Å²) < 4.78 is 11.0. The maximum absolute atomic E-state index is 5.70. The van der Waals surface area contributed by atoms with E-state index in [1.165, 1.54) is 19.3 Å². The Balaban J connectivity index is 0.00000529. The zero-order valence-electron chi connectivity index (χ0n) is 15.8. The number of aliphatic imine (C=N–C) groups is 1. The molecule has 2 N–H and O–H groups in total. The van der Waals surface area contributed by atoms with E-state index in [-0.39, 0.29) is 24.0 Å². The number of nitrogens with zero attached hydrogens (tertiary/aromatic N) is 1. The lowest BCUT2D eigenvalue weighted by Gasteiger charge is -2.12. The van der Waals surface area contributed by atoms with Crippen molar-refractivity contribution >= 4 is 29.9 Å². The van der Waals surface area contributed by atoms with Gasteiger partial charge in [0.2, 0.25) is 0 Å². The second-order valence-electron chi connectivity index (χ2n) is 6.74. The Bertz CT molecular complexity index is 309. The molecule has 6 heteroatoms. The van der Waals surface area contributed by atoms with Crippen LogP contribution < -0.4 is 10.6 Å². The van der Waals surface area contributed by atoms with Gasteiger partial charge in [0.05, 0.1) is 13.2 Å². The highest BCUT2D eigenvalue weighted by Gasteiger charge is 2.15. The Morgan fingerprint density at radius 2 is 2.08 bits per heavy atom. The topological polar surface area (TPSA) is 54.9 Å². The minimum absolute atomic E-state index is 0. The van der Waals surface area contributed by atoms with Crippen LogP contribution in [-0.2, 0) is 9.47 Å². The standard InChI is InChI=1S/C18H37N3O2.HI/c1-4-19-18(20-10-6-5-8-16(2)3)21-11-7-12-22-14-17-9-13-23-15-17;/h16-17H,4-15H2,1-3H3,(H2,19,20,21);1H. The Morgan fingerprint density at radius 1 is 1.25 bits per heavy atom. The van der Waals surface area contributed by atoms with Crippen LogP contribution >= 0.6 is 24.0 Å². The highest BCUT2D eigenvalue weighted by atomic mass is 127. The SMILES string of the molecule is CCNC(=NCCCOCC1CCOC1)NCCCCC(C)C.I. The van der Waals surface area contributed by atoms with Gasteiger partial charge in [0.25, 0.3) is 0 Å². The van der Waals surface area contributed by atoms with Gasteiger partial charge in [-0.1, -0.05) is 26.7 Å². The van der Waals surface area contributed by atoms with Crippen molar-refractivity contribution in [3.8, 4) is 0 Å². The molecule has 1 heterocycles. The molecule has 0 amide bonds. The molecule has 1 fully saturated rings. The lowest BCUT2D eigenvalue weighted by atomic mass is 10.1. The highest BCUT2D eigenvalue weighted by Crippen LogP contribution is 2.12. The molecule has 1 rings (SSSR count). The average Bonchev–Trinajstić information content (AvgIpc) is 3.03. The van der Waals surface area contributed by atoms with Crippen molar-refractivity contribution in [1.82, 2.24) is 10.6 Å². The number of ether oxygens (including phenoxy) is 2. The number of unbranched alkanes of at least 4 members (excludes halogenated alkanes) is 1. The highest BCUT2D eigenvalue weighted by molar-refractivity contribution is 14.0. The zero-order valence-corrected chi connectivity index (χ0v) is 18.1. The monoisotopic (exact) mass is 455 g/mol. The van der Waals surface area contributed by atoms with E-state index in [1.807, 2.05) is 0 Å². The number of hydrogen-bond acceptors (Lipinski definition) is 3. The van der Waals surface area contributed by atoms with E-state index in [2.05, 4.69) is 36.4 Å². The molecule has 1 aliphatic heterocycles. The van der Waals surface area contributed by atoms with Gasteiger partial charge in [0.15, 0.2) is 5.96 Å². The van der Waals surface area contributed by atoms with Crippen molar-refractivity contribution < 1.29 is 9.47 Å². The molecule has 0 aromatic rings. The van der Waals surface area contributed by atoms with E-state index in [4.69, 9.17) is 9.47 Å². The molecule has 24 heavy (non-hydrogen) atoms. The molecule has 5 nitrogen and oxygen atoms in total. The predicted octanol–water partition coefficient (Wildman–Crippen LogP) is 3.43. The Morgan fingerprint density at radius 3 is 2.75 bits per heavy atom. The van der Waals surface area contributed by atoms with Crippen LogP contribution in [0.15, 0.2) is 4.99 Å². The van der Waals surface area contributed by atoms with Gasteiger partial charge in [-0.15, -0.1) is 24.0 Å². The molecular formula is C18H38IN3O2. The first-order valence-electron chi connectivity index (χ1n) is 9.40. The van der Waals surface area contributed by atoms with Crippen LogP contribution in [0.4, 0.5) is 0 Å². The second kappa shape index (κ2) is 16.4. The normalized spacial score (nSPS) is 17.8. The van der Waals surface area contributed by atoms with Gasteiger partial charge in [-0.05, 0) is 32.1 Å². The van der Waals surface area contributed by atoms with Crippen LogP contribution in [0.5, 0.6) is 0 Å². The van der Waals surface area contributed by atoms with E-state index in [9.17, 15) is 0 Å². The first-order chi connectivity index (χ1) is 11.2. The number of halogens is 1. The van der Waals surface area contributed by atoms with Crippen LogP contribution in [0.2, 0.25) is 0 Å². The summed E-state index contributed by atoms with van der Waals surface area (Å²) in [6.45, 7) is 12.7. The van der Waals surface area contributed by atoms with Gasteiger partial charge >= 0.3 is 0 Å². The van der Waals surface area contributed by atoms with E-state index >= 15 is 0 Å². The molecule has 0 aromatic carbocycles. The first-order valence-corrected chi connectivity index (χ1v) is 9.40. The third kappa shape index (κ3) is 13.2. The molecule has 1 saturated heterocycles. The number of rotatable bonds is 12. The predicted molar refractivity (Wildman–Crippen MR) is 112 cm³/mol. The minimum atomic E-state index is 0. The Labute approximate surface area is 165 Å². The van der Waals surface area contributed by atoms with Crippen LogP contribution in [0.1, 0.15) is 52.9 Å². The number of nitrogens with one attached hydrogen (secondary N) is 2. The van der Waals surface area contributed by atoms with Crippen molar-refractivity contribution in [2.24, 2.45) is 16.8 Å². The molecule has 0 spiro atoms. The zero-order chi connectivity index (χ0) is 16.8. The molecular weight excluding hydrogens is 417 g/mol. The molecule has 144 valence electrons.